The van der Waals surface area contributed by atoms with Crippen molar-refractivity contribution in [2.24, 2.45) is 5.84 Å². The molecule has 1 aromatic carbocycles. The Morgan fingerprint density at radius 1 is 1.25 bits per heavy atom. The van der Waals surface area contributed by atoms with E-state index in [1.807, 2.05) is 25.1 Å². The van der Waals surface area contributed by atoms with E-state index in [9.17, 15) is 0 Å². The molecule has 0 saturated carbocycles. The third-order valence-electron chi connectivity index (χ3n) is 2.21. The molecule has 0 aliphatic heterocycles. The lowest BCUT2D eigenvalue weighted by Gasteiger charge is -2.08. The minimum absolute atomic E-state index is 0.562. The largest absolute Gasteiger partial charge is 0.307 e. The highest BCUT2D eigenvalue weighted by Gasteiger charge is 2.09. The van der Waals surface area contributed by atoms with E-state index in [1.54, 1.807) is 12.4 Å². The number of rotatable bonds is 2. The number of nitrogen functional groups attached to an aromatic ring is 1. The van der Waals surface area contributed by atoms with Crippen molar-refractivity contribution in [1.82, 2.24) is 9.97 Å². The van der Waals surface area contributed by atoms with E-state index in [0.717, 1.165) is 15.7 Å². The summed E-state index contributed by atoms with van der Waals surface area (Å²) < 4.78 is 0.976. The molecule has 3 N–H and O–H groups in total. The molecule has 0 saturated heterocycles. The van der Waals surface area contributed by atoms with Gasteiger partial charge >= 0.3 is 0 Å². The zero-order chi connectivity index (χ0) is 11.5. The van der Waals surface area contributed by atoms with Crippen LogP contribution in [0.3, 0.4) is 0 Å². The van der Waals surface area contributed by atoms with Gasteiger partial charge < -0.3 is 5.43 Å². The lowest BCUT2D eigenvalue weighted by atomic mass is 10.1. The Morgan fingerprint density at radius 3 is 2.69 bits per heavy atom. The molecule has 0 bridgehead atoms. The first-order valence-electron chi connectivity index (χ1n) is 4.76. The van der Waals surface area contributed by atoms with Crippen molar-refractivity contribution in [3.63, 3.8) is 0 Å². The standard InChI is InChI=1S/C11H11BrN4/c1-7-2-3-8(9(12)6-7)10-11(16-13)15-5-4-14-10/h2-6H,13H2,1H3,(H,15,16). The minimum Gasteiger partial charge on any atom is -0.307 e. The number of hydrogen-bond donors (Lipinski definition) is 2. The maximum absolute atomic E-state index is 5.40. The van der Waals surface area contributed by atoms with Gasteiger partial charge in [-0.05, 0) is 18.6 Å². The summed E-state index contributed by atoms with van der Waals surface area (Å²) in [7, 11) is 0. The predicted octanol–water partition coefficient (Wildman–Crippen LogP) is 2.50. The molecule has 0 atom stereocenters. The second-order valence-corrected chi connectivity index (χ2v) is 4.24. The molecule has 0 amide bonds. The molecule has 2 rings (SSSR count). The van der Waals surface area contributed by atoms with Crippen LogP contribution < -0.4 is 11.3 Å². The quantitative estimate of drug-likeness (QED) is 0.655. The van der Waals surface area contributed by atoms with Gasteiger partial charge in [0.15, 0.2) is 5.82 Å². The molecule has 5 heteroatoms. The molecular weight excluding hydrogens is 268 g/mol. The Kier molecular flexibility index (Phi) is 3.17. The van der Waals surface area contributed by atoms with Crippen LogP contribution in [0.25, 0.3) is 11.3 Å². The fourth-order valence-electron chi connectivity index (χ4n) is 1.45. The molecule has 0 aliphatic carbocycles. The number of anilines is 1. The van der Waals surface area contributed by atoms with Crippen LogP contribution in [0.15, 0.2) is 35.1 Å². The maximum Gasteiger partial charge on any atom is 0.166 e. The van der Waals surface area contributed by atoms with Gasteiger partial charge in [0.25, 0.3) is 0 Å². The van der Waals surface area contributed by atoms with Gasteiger partial charge in [-0.2, -0.15) is 0 Å². The van der Waals surface area contributed by atoms with Crippen LogP contribution in [0.2, 0.25) is 0 Å². The highest BCUT2D eigenvalue weighted by atomic mass is 79.9. The summed E-state index contributed by atoms with van der Waals surface area (Å²) in [6, 6.07) is 6.05. The van der Waals surface area contributed by atoms with Gasteiger partial charge in [-0.15, -0.1) is 0 Å². The molecule has 0 fully saturated rings. The second-order valence-electron chi connectivity index (χ2n) is 3.38. The van der Waals surface area contributed by atoms with Gasteiger partial charge in [0.2, 0.25) is 0 Å². The topological polar surface area (TPSA) is 63.8 Å². The average Bonchev–Trinajstić information content (AvgIpc) is 2.29. The van der Waals surface area contributed by atoms with Crippen molar-refractivity contribution in [1.29, 1.82) is 0 Å². The third-order valence-corrected chi connectivity index (χ3v) is 2.87. The van der Waals surface area contributed by atoms with Crippen LogP contribution in [-0.2, 0) is 0 Å². The highest BCUT2D eigenvalue weighted by molar-refractivity contribution is 9.10. The Hall–Kier alpha value is -1.46. The van der Waals surface area contributed by atoms with Crippen molar-refractivity contribution in [3.8, 4) is 11.3 Å². The van der Waals surface area contributed by atoms with E-state index >= 15 is 0 Å². The summed E-state index contributed by atoms with van der Waals surface area (Å²) in [4.78, 5) is 8.39. The van der Waals surface area contributed by atoms with Crippen molar-refractivity contribution < 1.29 is 0 Å². The fraction of sp³-hybridized carbons (Fsp3) is 0.0909. The third kappa shape index (κ3) is 2.05. The molecule has 0 radical (unpaired) electrons. The molecule has 0 aliphatic rings. The van der Waals surface area contributed by atoms with Crippen molar-refractivity contribution >= 4 is 21.7 Å². The van der Waals surface area contributed by atoms with Crippen molar-refractivity contribution in [2.75, 3.05) is 5.43 Å². The summed E-state index contributed by atoms with van der Waals surface area (Å²) in [5.74, 6) is 5.96. The number of nitrogens with one attached hydrogen (secondary N) is 1. The zero-order valence-corrected chi connectivity index (χ0v) is 10.3. The lowest BCUT2D eigenvalue weighted by molar-refractivity contribution is 1.16. The fourth-order valence-corrected chi connectivity index (χ4v) is 2.13. The minimum atomic E-state index is 0.562. The van der Waals surface area contributed by atoms with Crippen LogP contribution in [0, 0.1) is 6.92 Å². The number of hydrogen-bond acceptors (Lipinski definition) is 4. The van der Waals surface area contributed by atoms with Gasteiger partial charge in [-0.25, -0.2) is 10.8 Å². The number of hydrazine groups is 1. The van der Waals surface area contributed by atoms with E-state index in [4.69, 9.17) is 5.84 Å². The van der Waals surface area contributed by atoms with E-state index in [0.29, 0.717) is 5.82 Å². The van der Waals surface area contributed by atoms with Crippen molar-refractivity contribution in [2.45, 2.75) is 6.92 Å². The van der Waals surface area contributed by atoms with Crippen LogP contribution in [0.4, 0.5) is 5.82 Å². The number of aromatic nitrogens is 2. The molecule has 2 aromatic rings. The van der Waals surface area contributed by atoms with Crippen LogP contribution in [0.1, 0.15) is 5.56 Å². The first-order chi connectivity index (χ1) is 7.72. The van der Waals surface area contributed by atoms with E-state index in [2.05, 4.69) is 31.3 Å². The normalized spacial score (nSPS) is 10.2. The Balaban J connectivity index is 2.58. The molecular formula is C11H11BrN4. The zero-order valence-electron chi connectivity index (χ0n) is 8.74. The van der Waals surface area contributed by atoms with Gasteiger partial charge in [-0.1, -0.05) is 28.1 Å². The predicted molar refractivity (Wildman–Crippen MR) is 67.7 cm³/mol. The van der Waals surface area contributed by atoms with Gasteiger partial charge in [-0.3, -0.25) is 4.98 Å². The monoisotopic (exact) mass is 278 g/mol. The smallest absolute Gasteiger partial charge is 0.166 e. The number of halogens is 1. The van der Waals surface area contributed by atoms with Gasteiger partial charge in [0.05, 0.1) is 0 Å². The van der Waals surface area contributed by atoms with Gasteiger partial charge in [0.1, 0.15) is 5.69 Å². The number of aryl methyl sites for hydroxylation is 1. The summed E-state index contributed by atoms with van der Waals surface area (Å²) in [5.41, 5.74) is 5.42. The number of nitrogens with zero attached hydrogens (tertiary/aromatic N) is 2. The first-order valence-corrected chi connectivity index (χ1v) is 5.56. The molecule has 0 unspecified atom stereocenters. The molecule has 1 heterocycles. The number of benzene rings is 1. The molecule has 0 spiro atoms. The summed E-state index contributed by atoms with van der Waals surface area (Å²) in [6.45, 7) is 2.04. The highest BCUT2D eigenvalue weighted by Crippen LogP contribution is 2.30. The van der Waals surface area contributed by atoms with E-state index in [1.165, 1.54) is 5.56 Å². The summed E-state index contributed by atoms with van der Waals surface area (Å²) >= 11 is 3.51. The Bertz CT molecular complexity index is 513. The maximum atomic E-state index is 5.40. The van der Waals surface area contributed by atoms with Crippen LogP contribution in [0.5, 0.6) is 0 Å². The van der Waals surface area contributed by atoms with E-state index in [-0.39, 0.29) is 0 Å². The Morgan fingerprint density at radius 2 is 2.00 bits per heavy atom. The average molecular weight is 279 g/mol. The second kappa shape index (κ2) is 4.59. The number of nitrogens with two attached hydrogens (primary N) is 1. The molecule has 82 valence electrons. The SMILES string of the molecule is Cc1ccc(-c2nccnc2NN)c(Br)c1. The molecule has 1 aromatic heterocycles. The lowest BCUT2D eigenvalue weighted by Crippen LogP contribution is -2.10. The van der Waals surface area contributed by atoms with Gasteiger partial charge in [0, 0.05) is 22.4 Å². The van der Waals surface area contributed by atoms with Crippen LogP contribution >= 0.6 is 15.9 Å². The summed E-state index contributed by atoms with van der Waals surface area (Å²) in [6.07, 6.45) is 3.24. The summed E-state index contributed by atoms with van der Waals surface area (Å²) in [5, 5.41) is 0. The molecule has 16 heavy (non-hydrogen) atoms. The Labute approximate surface area is 102 Å². The first kappa shape index (κ1) is 11.0. The van der Waals surface area contributed by atoms with Crippen molar-refractivity contribution in [3.05, 3.63) is 40.6 Å². The van der Waals surface area contributed by atoms with Crippen LogP contribution in [-0.4, -0.2) is 9.97 Å². The molecule has 4 nitrogen and oxygen atoms in total. The van der Waals surface area contributed by atoms with E-state index < -0.39 is 0 Å².